The summed E-state index contributed by atoms with van der Waals surface area (Å²) in [5, 5.41) is 11.6. The molecule has 22 heavy (non-hydrogen) atoms. The minimum absolute atomic E-state index is 0.115. The van der Waals surface area contributed by atoms with Gasteiger partial charge in [0.2, 0.25) is 0 Å². The van der Waals surface area contributed by atoms with Crippen molar-refractivity contribution in [2.45, 2.75) is 19.1 Å². The average molecular weight is 347 g/mol. The third kappa shape index (κ3) is 5.08. The molecule has 0 spiro atoms. The normalized spacial score (nSPS) is 19.4. The summed E-state index contributed by atoms with van der Waals surface area (Å²) in [6.45, 7) is 6.63. The first kappa shape index (κ1) is 18.0. The van der Waals surface area contributed by atoms with Crippen LogP contribution in [0.15, 0.2) is 18.2 Å². The zero-order valence-corrected chi connectivity index (χ0v) is 14.6. The highest BCUT2D eigenvalue weighted by Gasteiger charge is 2.20. The summed E-state index contributed by atoms with van der Waals surface area (Å²) < 4.78 is 5.32. The predicted molar refractivity (Wildman–Crippen MR) is 90.8 cm³/mol. The monoisotopic (exact) mass is 346 g/mol. The number of morpholine rings is 1. The molecule has 2 rings (SSSR count). The largest absolute Gasteiger partial charge is 0.390 e. The smallest absolute Gasteiger partial charge is 0.0793 e. The van der Waals surface area contributed by atoms with Gasteiger partial charge in [-0.15, -0.1) is 0 Å². The molecule has 1 aromatic rings. The van der Waals surface area contributed by atoms with Crippen molar-refractivity contribution in [1.82, 2.24) is 9.80 Å². The van der Waals surface area contributed by atoms with Gasteiger partial charge in [-0.25, -0.2) is 0 Å². The van der Waals surface area contributed by atoms with Gasteiger partial charge in [-0.05, 0) is 31.7 Å². The molecule has 1 N–H and O–H groups in total. The Morgan fingerprint density at radius 3 is 2.64 bits per heavy atom. The quantitative estimate of drug-likeness (QED) is 0.858. The maximum Gasteiger partial charge on any atom is 0.0793 e. The van der Waals surface area contributed by atoms with Crippen molar-refractivity contribution >= 4 is 23.2 Å². The fraction of sp³-hybridized carbons (Fsp3) is 0.625. The zero-order valence-electron chi connectivity index (χ0n) is 13.1. The number of hydrogen-bond acceptors (Lipinski definition) is 4. The van der Waals surface area contributed by atoms with E-state index in [0.29, 0.717) is 23.1 Å². The van der Waals surface area contributed by atoms with Crippen LogP contribution in [0.4, 0.5) is 0 Å². The number of likely N-dealkylation sites (N-methyl/N-ethyl adjacent to an activating group) is 1. The highest BCUT2D eigenvalue weighted by Crippen LogP contribution is 2.29. The van der Waals surface area contributed by atoms with Gasteiger partial charge in [0.15, 0.2) is 0 Å². The molecule has 0 saturated carbocycles. The summed E-state index contributed by atoms with van der Waals surface area (Å²) in [6.07, 6.45) is -0.392. The van der Waals surface area contributed by atoms with E-state index in [1.807, 2.05) is 19.2 Å². The van der Waals surface area contributed by atoms with E-state index in [4.69, 9.17) is 27.9 Å². The number of hydrogen-bond donors (Lipinski definition) is 1. The molecule has 0 aliphatic carbocycles. The van der Waals surface area contributed by atoms with Gasteiger partial charge in [0, 0.05) is 42.3 Å². The molecular formula is C16H24Cl2N2O2. The minimum atomic E-state index is -0.392. The standard InChI is InChI=1S/C16H24Cl2N2O2/c1-12(15-4-3-13(17)9-16(15)18)19(2)10-14(21)11-20-5-7-22-8-6-20/h3-4,9,12,14,21H,5-8,10-11H2,1-2H3. The van der Waals surface area contributed by atoms with Gasteiger partial charge in [-0.2, -0.15) is 0 Å². The summed E-state index contributed by atoms with van der Waals surface area (Å²) >= 11 is 12.2. The second kappa shape index (κ2) is 8.48. The number of halogens is 2. The van der Waals surface area contributed by atoms with E-state index in [9.17, 15) is 5.11 Å². The van der Waals surface area contributed by atoms with Crippen molar-refractivity contribution < 1.29 is 9.84 Å². The topological polar surface area (TPSA) is 35.9 Å². The highest BCUT2D eigenvalue weighted by atomic mass is 35.5. The Kier molecular flexibility index (Phi) is 6.93. The maximum absolute atomic E-state index is 10.3. The number of nitrogens with zero attached hydrogens (tertiary/aromatic N) is 2. The van der Waals surface area contributed by atoms with Crippen LogP contribution < -0.4 is 0 Å². The van der Waals surface area contributed by atoms with E-state index in [0.717, 1.165) is 31.9 Å². The third-order valence-corrected chi connectivity index (χ3v) is 4.71. The molecule has 1 aliphatic rings. The summed E-state index contributed by atoms with van der Waals surface area (Å²) in [7, 11) is 2.00. The number of ether oxygens (including phenoxy) is 1. The van der Waals surface area contributed by atoms with E-state index in [2.05, 4.69) is 16.7 Å². The predicted octanol–water partition coefficient (Wildman–Crippen LogP) is 2.68. The van der Waals surface area contributed by atoms with Crippen LogP contribution in [0, 0.1) is 0 Å². The molecule has 1 heterocycles. The molecular weight excluding hydrogens is 323 g/mol. The van der Waals surface area contributed by atoms with Crippen molar-refractivity contribution in [3.8, 4) is 0 Å². The van der Waals surface area contributed by atoms with E-state index >= 15 is 0 Å². The summed E-state index contributed by atoms with van der Waals surface area (Å²) in [4.78, 5) is 4.35. The van der Waals surface area contributed by atoms with Gasteiger partial charge >= 0.3 is 0 Å². The lowest BCUT2D eigenvalue weighted by molar-refractivity contribution is 0.00626. The van der Waals surface area contributed by atoms with Crippen molar-refractivity contribution in [1.29, 1.82) is 0 Å². The highest BCUT2D eigenvalue weighted by molar-refractivity contribution is 6.35. The Morgan fingerprint density at radius 2 is 2.00 bits per heavy atom. The molecule has 2 unspecified atom stereocenters. The molecule has 4 nitrogen and oxygen atoms in total. The van der Waals surface area contributed by atoms with Crippen LogP contribution in [0.25, 0.3) is 0 Å². The van der Waals surface area contributed by atoms with Gasteiger partial charge in [0.25, 0.3) is 0 Å². The molecule has 1 aliphatic heterocycles. The van der Waals surface area contributed by atoms with Crippen LogP contribution in [-0.2, 0) is 4.74 Å². The van der Waals surface area contributed by atoms with Gasteiger partial charge in [0.05, 0.1) is 19.3 Å². The Balaban J connectivity index is 1.88. The molecule has 1 aromatic carbocycles. The van der Waals surface area contributed by atoms with Crippen LogP contribution in [0.3, 0.4) is 0 Å². The van der Waals surface area contributed by atoms with Crippen LogP contribution in [-0.4, -0.2) is 67.5 Å². The van der Waals surface area contributed by atoms with Gasteiger partial charge in [-0.1, -0.05) is 29.3 Å². The first-order chi connectivity index (χ1) is 10.5. The number of aliphatic hydroxyl groups excluding tert-OH is 1. The molecule has 0 radical (unpaired) electrons. The lowest BCUT2D eigenvalue weighted by Gasteiger charge is -2.32. The number of β-amino-alcohol motifs (C(OH)–C–C–N with tert-alkyl or cyclic N) is 1. The second-order valence-electron chi connectivity index (χ2n) is 5.85. The average Bonchev–Trinajstić information content (AvgIpc) is 2.47. The number of rotatable bonds is 6. The molecule has 0 aromatic heterocycles. The van der Waals surface area contributed by atoms with E-state index in [1.165, 1.54) is 0 Å². The Bertz CT molecular complexity index is 481. The molecule has 6 heteroatoms. The third-order valence-electron chi connectivity index (χ3n) is 4.15. The summed E-state index contributed by atoms with van der Waals surface area (Å²) in [5.41, 5.74) is 1.02. The van der Waals surface area contributed by atoms with Crippen LogP contribution in [0.5, 0.6) is 0 Å². The van der Waals surface area contributed by atoms with Crippen molar-refractivity contribution in [2.24, 2.45) is 0 Å². The molecule has 2 atom stereocenters. The van der Waals surface area contributed by atoms with Crippen molar-refractivity contribution in [2.75, 3.05) is 46.4 Å². The fourth-order valence-corrected chi connectivity index (χ4v) is 3.27. The van der Waals surface area contributed by atoms with E-state index in [-0.39, 0.29) is 6.04 Å². The van der Waals surface area contributed by atoms with Crippen LogP contribution in [0.2, 0.25) is 10.0 Å². The first-order valence-corrected chi connectivity index (χ1v) is 8.36. The molecule has 0 bridgehead atoms. The SMILES string of the molecule is CC(c1ccc(Cl)cc1Cl)N(C)CC(O)CN1CCOCC1. The van der Waals surface area contributed by atoms with Crippen LogP contribution in [0.1, 0.15) is 18.5 Å². The van der Waals surface area contributed by atoms with Crippen molar-refractivity contribution in [3.05, 3.63) is 33.8 Å². The lowest BCUT2D eigenvalue weighted by Crippen LogP contribution is -2.44. The zero-order chi connectivity index (χ0) is 16.1. The lowest BCUT2D eigenvalue weighted by atomic mass is 10.1. The van der Waals surface area contributed by atoms with E-state index < -0.39 is 6.10 Å². The fourth-order valence-electron chi connectivity index (χ4n) is 2.71. The number of aliphatic hydroxyl groups is 1. The molecule has 1 saturated heterocycles. The molecule has 124 valence electrons. The van der Waals surface area contributed by atoms with E-state index in [1.54, 1.807) is 6.07 Å². The van der Waals surface area contributed by atoms with Crippen molar-refractivity contribution in [3.63, 3.8) is 0 Å². The van der Waals surface area contributed by atoms with Gasteiger partial charge in [-0.3, -0.25) is 9.80 Å². The Labute approximate surface area is 142 Å². The Hall–Kier alpha value is -0.360. The molecule has 1 fully saturated rings. The Morgan fingerprint density at radius 1 is 1.32 bits per heavy atom. The first-order valence-electron chi connectivity index (χ1n) is 7.60. The van der Waals surface area contributed by atoms with Crippen LogP contribution >= 0.6 is 23.2 Å². The van der Waals surface area contributed by atoms with Gasteiger partial charge in [0.1, 0.15) is 0 Å². The molecule has 0 amide bonds. The summed E-state index contributed by atoms with van der Waals surface area (Å²) in [5.74, 6) is 0. The summed E-state index contributed by atoms with van der Waals surface area (Å²) in [6, 6.07) is 5.66. The second-order valence-corrected chi connectivity index (χ2v) is 6.69. The maximum atomic E-state index is 10.3. The number of benzene rings is 1. The van der Waals surface area contributed by atoms with Gasteiger partial charge < -0.3 is 9.84 Å². The minimum Gasteiger partial charge on any atom is -0.390 e.